The molecule has 0 aliphatic heterocycles. The Hall–Kier alpha value is -3.99. The van der Waals surface area contributed by atoms with Gasteiger partial charge in [-0.2, -0.15) is 26.3 Å². The maximum absolute atomic E-state index is 13.6. The number of ether oxygens (including phenoxy) is 2. The van der Waals surface area contributed by atoms with Crippen molar-refractivity contribution in [1.82, 2.24) is 0 Å². The summed E-state index contributed by atoms with van der Waals surface area (Å²) < 4.78 is 115. The van der Waals surface area contributed by atoms with Crippen molar-refractivity contribution in [2.45, 2.75) is 22.1 Å². The number of alkyl halides is 6. The molecule has 0 amide bonds. The van der Waals surface area contributed by atoms with Crippen molar-refractivity contribution in [3.8, 4) is 23.0 Å². The summed E-state index contributed by atoms with van der Waals surface area (Å²) >= 11 is 0. The van der Waals surface area contributed by atoms with Crippen LogP contribution in [-0.4, -0.2) is 8.42 Å². The van der Waals surface area contributed by atoms with Crippen molar-refractivity contribution >= 4 is 9.84 Å². The predicted molar refractivity (Wildman–Crippen MR) is 121 cm³/mol. The van der Waals surface area contributed by atoms with Gasteiger partial charge in [0.2, 0.25) is 9.84 Å². The number of benzene rings is 4. The molecule has 0 aromatic heterocycles. The van der Waals surface area contributed by atoms with Gasteiger partial charge in [-0.05, 0) is 72.8 Å². The highest BCUT2D eigenvalue weighted by atomic mass is 32.2. The fraction of sp³-hybridized carbons (Fsp3) is 0.0769. The Balaban J connectivity index is 1.66. The van der Waals surface area contributed by atoms with Crippen LogP contribution in [0.4, 0.5) is 26.3 Å². The standard InChI is InChI=1S/C26H16F6O4S/c27-25(28,29)17-9-13-19(14-10-17)35-21-5-1-3-7-23(21)37(33,34)24-8-4-2-6-22(24)36-20-15-11-18(12-16-20)26(30,31)32/h1-16H. The van der Waals surface area contributed by atoms with Crippen molar-refractivity contribution in [3.05, 3.63) is 108 Å². The second-order valence-electron chi connectivity index (χ2n) is 7.65. The van der Waals surface area contributed by atoms with Gasteiger partial charge < -0.3 is 9.47 Å². The number of halogens is 6. The van der Waals surface area contributed by atoms with E-state index in [1.807, 2.05) is 0 Å². The molecule has 11 heteroatoms. The van der Waals surface area contributed by atoms with E-state index in [-0.39, 0.29) is 32.8 Å². The average molecular weight is 538 g/mol. The van der Waals surface area contributed by atoms with Gasteiger partial charge in [0, 0.05) is 0 Å². The normalized spacial score (nSPS) is 12.3. The van der Waals surface area contributed by atoms with E-state index in [0.29, 0.717) is 0 Å². The highest BCUT2D eigenvalue weighted by Crippen LogP contribution is 2.39. The summed E-state index contributed by atoms with van der Waals surface area (Å²) in [6.07, 6.45) is -9.09. The molecule has 4 aromatic rings. The smallest absolute Gasteiger partial charge is 0.416 e. The van der Waals surface area contributed by atoms with E-state index in [9.17, 15) is 34.8 Å². The van der Waals surface area contributed by atoms with Crippen LogP contribution in [-0.2, 0) is 22.2 Å². The molecule has 4 aromatic carbocycles. The molecule has 0 N–H and O–H groups in total. The number of rotatable bonds is 6. The summed E-state index contributed by atoms with van der Waals surface area (Å²) in [6.45, 7) is 0. The first-order valence-electron chi connectivity index (χ1n) is 10.5. The fourth-order valence-electron chi connectivity index (χ4n) is 3.31. The van der Waals surface area contributed by atoms with Gasteiger partial charge in [-0.25, -0.2) is 8.42 Å². The van der Waals surface area contributed by atoms with E-state index in [4.69, 9.17) is 9.47 Å². The molecular formula is C26H16F6O4S. The summed E-state index contributed by atoms with van der Waals surface area (Å²) in [7, 11) is -4.31. The van der Waals surface area contributed by atoms with Crippen LogP contribution in [0.15, 0.2) is 107 Å². The van der Waals surface area contributed by atoms with Gasteiger partial charge in [0.05, 0.1) is 11.1 Å². The Kier molecular flexibility index (Phi) is 6.92. The molecule has 0 saturated heterocycles. The summed E-state index contributed by atoms with van der Waals surface area (Å²) in [5.74, 6) is -0.340. The van der Waals surface area contributed by atoms with Gasteiger partial charge in [-0.15, -0.1) is 0 Å². The highest BCUT2D eigenvalue weighted by molar-refractivity contribution is 7.91. The van der Waals surface area contributed by atoms with E-state index in [0.717, 1.165) is 48.5 Å². The molecule has 4 rings (SSSR count). The zero-order valence-corrected chi connectivity index (χ0v) is 19.4. The van der Waals surface area contributed by atoms with Crippen molar-refractivity contribution in [2.75, 3.05) is 0 Å². The lowest BCUT2D eigenvalue weighted by Gasteiger charge is -2.15. The molecular weight excluding hydrogens is 522 g/mol. The SMILES string of the molecule is O=S(=O)(c1ccccc1Oc1ccc(C(F)(F)F)cc1)c1ccccc1Oc1ccc(C(F)(F)F)cc1. The Morgan fingerprint density at radius 1 is 0.486 bits per heavy atom. The molecule has 0 spiro atoms. The lowest BCUT2D eigenvalue weighted by atomic mass is 10.2. The molecule has 0 saturated carbocycles. The van der Waals surface area contributed by atoms with E-state index < -0.39 is 33.3 Å². The third-order valence-electron chi connectivity index (χ3n) is 5.10. The molecule has 37 heavy (non-hydrogen) atoms. The minimum Gasteiger partial charge on any atom is -0.456 e. The second-order valence-corrected chi connectivity index (χ2v) is 9.53. The van der Waals surface area contributed by atoms with E-state index in [1.54, 1.807) is 0 Å². The van der Waals surface area contributed by atoms with Crippen LogP contribution in [0.25, 0.3) is 0 Å². The lowest BCUT2D eigenvalue weighted by molar-refractivity contribution is -0.138. The quantitative estimate of drug-likeness (QED) is 0.233. The van der Waals surface area contributed by atoms with E-state index >= 15 is 0 Å². The van der Waals surface area contributed by atoms with Gasteiger partial charge in [0.1, 0.15) is 32.8 Å². The molecule has 0 bridgehead atoms. The first-order valence-corrected chi connectivity index (χ1v) is 12.0. The first kappa shape index (κ1) is 26.1. The van der Waals surface area contributed by atoms with Crippen LogP contribution in [0.5, 0.6) is 23.0 Å². The Morgan fingerprint density at radius 3 is 1.14 bits per heavy atom. The third kappa shape index (κ3) is 5.88. The van der Waals surface area contributed by atoms with Crippen LogP contribution in [0.2, 0.25) is 0 Å². The lowest BCUT2D eigenvalue weighted by Crippen LogP contribution is -2.06. The summed E-state index contributed by atoms with van der Waals surface area (Å²) in [5, 5.41) is 0. The molecule has 0 fully saturated rings. The minimum atomic E-state index is -4.55. The second kappa shape index (κ2) is 9.81. The summed E-state index contributed by atoms with van der Waals surface area (Å²) in [5.41, 5.74) is -1.79. The molecule has 0 unspecified atom stereocenters. The predicted octanol–water partition coefficient (Wildman–Crippen LogP) is 8.14. The zero-order valence-electron chi connectivity index (χ0n) is 18.5. The molecule has 0 radical (unpaired) electrons. The molecule has 0 aliphatic rings. The minimum absolute atomic E-state index is 0.0232. The fourth-order valence-corrected chi connectivity index (χ4v) is 4.81. The summed E-state index contributed by atoms with van der Waals surface area (Å²) in [6, 6.07) is 18.5. The molecule has 0 atom stereocenters. The number of hydrogen-bond acceptors (Lipinski definition) is 4. The third-order valence-corrected chi connectivity index (χ3v) is 6.93. The molecule has 0 aliphatic carbocycles. The van der Waals surface area contributed by atoms with Crippen molar-refractivity contribution in [3.63, 3.8) is 0 Å². The maximum Gasteiger partial charge on any atom is 0.416 e. The average Bonchev–Trinajstić information content (AvgIpc) is 2.84. The van der Waals surface area contributed by atoms with Crippen LogP contribution in [0.1, 0.15) is 11.1 Å². The van der Waals surface area contributed by atoms with Crippen LogP contribution in [0.3, 0.4) is 0 Å². The van der Waals surface area contributed by atoms with Crippen LogP contribution < -0.4 is 9.47 Å². The topological polar surface area (TPSA) is 52.6 Å². The maximum atomic E-state index is 13.6. The number of para-hydroxylation sites is 2. The van der Waals surface area contributed by atoms with Gasteiger partial charge in [0.25, 0.3) is 0 Å². The monoisotopic (exact) mass is 538 g/mol. The Morgan fingerprint density at radius 2 is 0.811 bits per heavy atom. The molecule has 192 valence electrons. The van der Waals surface area contributed by atoms with Crippen LogP contribution in [0, 0.1) is 0 Å². The van der Waals surface area contributed by atoms with Gasteiger partial charge >= 0.3 is 12.4 Å². The molecule has 0 heterocycles. The van der Waals surface area contributed by atoms with Gasteiger partial charge in [-0.3, -0.25) is 0 Å². The summed E-state index contributed by atoms with van der Waals surface area (Å²) in [4.78, 5) is -0.586. The van der Waals surface area contributed by atoms with Crippen LogP contribution >= 0.6 is 0 Å². The van der Waals surface area contributed by atoms with Gasteiger partial charge in [-0.1, -0.05) is 24.3 Å². The number of hydrogen-bond donors (Lipinski definition) is 0. The Labute approximate surface area is 207 Å². The van der Waals surface area contributed by atoms with Crippen molar-refractivity contribution in [1.29, 1.82) is 0 Å². The van der Waals surface area contributed by atoms with Gasteiger partial charge in [0.15, 0.2) is 0 Å². The number of sulfone groups is 1. The zero-order chi connectivity index (χ0) is 26.8. The van der Waals surface area contributed by atoms with Crippen molar-refractivity contribution < 1.29 is 44.2 Å². The molecule has 4 nitrogen and oxygen atoms in total. The highest BCUT2D eigenvalue weighted by Gasteiger charge is 2.31. The van der Waals surface area contributed by atoms with E-state index in [1.165, 1.54) is 48.5 Å². The van der Waals surface area contributed by atoms with Crippen molar-refractivity contribution in [2.24, 2.45) is 0 Å². The first-order chi connectivity index (χ1) is 17.4. The van der Waals surface area contributed by atoms with E-state index in [2.05, 4.69) is 0 Å². The Bertz CT molecular complexity index is 1390. The largest absolute Gasteiger partial charge is 0.456 e.